The van der Waals surface area contributed by atoms with Crippen LogP contribution < -0.4 is 5.32 Å². The number of aromatic nitrogens is 2. The minimum absolute atomic E-state index is 0.386. The molecular weight excluding hydrogens is 314 g/mol. The molecule has 0 saturated heterocycles. The molecular formula is C13H15BrClN3. The topological polar surface area (TPSA) is 29.9 Å². The molecule has 1 N–H and O–H groups in total. The Balaban J connectivity index is 2.04. The fourth-order valence-electron chi connectivity index (χ4n) is 1.58. The molecule has 18 heavy (non-hydrogen) atoms. The summed E-state index contributed by atoms with van der Waals surface area (Å²) in [5, 5.41) is 8.37. The van der Waals surface area contributed by atoms with Crippen molar-refractivity contribution in [3.05, 3.63) is 45.7 Å². The van der Waals surface area contributed by atoms with Crippen LogP contribution in [-0.2, 0) is 6.54 Å². The fraction of sp³-hybridized carbons (Fsp3) is 0.308. The molecule has 0 radical (unpaired) electrons. The van der Waals surface area contributed by atoms with Gasteiger partial charge in [-0.1, -0.05) is 11.6 Å². The zero-order valence-electron chi connectivity index (χ0n) is 10.3. The maximum absolute atomic E-state index is 5.97. The van der Waals surface area contributed by atoms with Crippen molar-refractivity contribution in [3.8, 4) is 0 Å². The third-order valence-electron chi connectivity index (χ3n) is 2.60. The van der Waals surface area contributed by atoms with E-state index in [1.807, 2.05) is 29.1 Å². The van der Waals surface area contributed by atoms with Crippen LogP contribution in [0, 0.1) is 0 Å². The standard InChI is InChI=1S/C13H15BrClN3/c1-9(2)18-8-10(7-17-18)6-16-13-5-11(15)3-4-12(13)14/h3-5,7-9,16H,6H2,1-2H3. The van der Waals surface area contributed by atoms with Crippen LogP contribution >= 0.6 is 27.5 Å². The van der Waals surface area contributed by atoms with Crippen molar-refractivity contribution in [3.63, 3.8) is 0 Å². The van der Waals surface area contributed by atoms with Crippen molar-refractivity contribution in [2.24, 2.45) is 0 Å². The first-order valence-corrected chi connectivity index (χ1v) is 6.95. The SMILES string of the molecule is CC(C)n1cc(CNc2cc(Cl)ccc2Br)cn1. The van der Waals surface area contributed by atoms with Gasteiger partial charge in [0.1, 0.15) is 0 Å². The summed E-state index contributed by atoms with van der Waals surface area (Å²) in [6.07, 6.45) is 3.93. The average Bonchev–Trinajstić information content (AvgIpc) is 2.79. The van der Waals surface area contributed by atoms with Gasteiger partial charge in [0.05, 0.1) is 11.9 Å². The molecule has 0 amide bonds. The maximum atomic E-state index is 5.97. The van der Waals surface area contributed by atoms with Gasteiger partial charge in [0, 0.05) is 33.8 Å². The number of hydrogen-bond acceptors (Lipinski definition) is 2. The summed E-state index contributed by atoms with van der Waals surface area (Å²) in [4.78, 5) is 0. The molecule has 0 bridgehead atoms. The van der Waals surface area contributed by atoms with Crippen molar-refractivity contribution < 1.29 is 0 Å². The van der Waals surface area contributed by atoms with Crippen LogP contribution in [0.5, 0.6) is 0 Å². The molecule has 5 heteroatoms. The summed E-state index contributed by atoms with van der Waals surface area (Å²) in [5.74, 6) is 0. The van der Waals surface area contributed by atoms with Gasteiger partial charge in [-0.3, -0.25) is 4.68 Å². The molecule has 1 aromatic heterocycles. The van der Waals surface area contributed by atoms with Gasteiger partial charge in [0.15, 0.2) is 0 Å². The molecule has 0 saturated carbocycles. The highest BCUT2D eigenvalue weighted by atomic mass is 79.9. The fourth-order valence-corrected chi connectivity index (χ4v) is 2.14. The number of nitrogens with zero attached hydrogens (tertiary/aromatic N) is 2. The number of rotatable bonds is 4. The van der Waals surface area contributed by atoms with Crippen molar-refractivity contribution >= 4 is 33.2 Å². The van der Waals surface area contributed by atoms with Crippen LogP contribution in [0.3, 0.4) is 0 Å². The van der Waals surface area contributed by atoms with Gasteiger partial charge in [-0.05, 0) is 48.0 Å². The Morgan fingerprint density at radius 1 is 1.44 bits per heavy atom. The Kier molecular flexibility index (Phi) is 4.30. The summed E-state index contributed by atoms with van der Waals surface area (Å²) in [5.41, 5.74) is 2.13. The molecule has 2 rings (SSSR count). The molecule has 0 spiro atoms. The van der Waals surface area contributed by atoms with E-state index in [1.54, 1.807) is 0 Å². The zero-order chi connectivity index (χ0) is 13.1. The van der Waals surface area contributed by atoms with Crippen LogP contribution in [0.2, 0.25) is 5.02 Å². The number of hydrogen-bond donors (Lipinski definition) is 1. The van der Waals surface area contributed by atoms with Crippen LogP contribution in [0.1, 0.15) is 25.5 Å². The Morgan fingerprint density at radius 3 is 2.89 bits per heavy atom. The Labute approximate surface area is 120 Å². The molecule has 0 aliphatic heterocycles. The lowest BCUT2D eigenvalue weighted by molar-refractivity contribution is 0.532. The smallest absolute Gasteiger partial charge is 0.0539 e. The number of anilines is 1. The number of nitrogens with one attached hydrogen (secondary N) is 1. The van der Waals surface area contributed by atoms with Crippen LogP contribution in [0.25, 0.3) is 0 Å². The van der Waals surface area contributed by atoms with E-state index in [9.17, 15) is 0 Å². The Morgan fingerprint density at radius 2 is 2.22 bits per heavy atom. The summed E-state index contributed by atoms with van der Waals surface area (Å²) >= 11 is 9.46. The van der Waals surface area contributed by atoms with Crippen molar-refractivity contribution in [2.45, 2.75) is 26.4 Å². The summed E-state index contributed by atoms with van der Waals surface area (Å²) in [6, 6.07) is 6.07. The minimum Gasteiger partial charge on any atom is -0.380 e. The van der Waals surface area contributed by atoms with E-state index in [0.717, 1.165) is 27.3 Å². The van der Waals surface area contributed by atoms with Crippen molar-refractivity contribution in [2.75, 3.05) is 5.32 Å². The zero-order valence-corrected chi connectivity index (χ0v) is 12.7. The molecule has 0 atom stereocenters. The Bertz CT molecular complexity index is 537. The summed E-state index contributed by atoms with van der Waals surface area (Å²) in [7, 11) is 0. The summed E-state index contributed by atoms with van der Waals surface area (Å²) in [6.45, 7) is 4.95. The van der Waals surface area contributed by atoms with Gasteiger partial charge < -0.3 is 5.32 Å². The Hall–Kier alpha value is -1.00. The van der Waals surface area contributed by atoms with E-state index < -0.39 is 0 Å². The molecule has 0 fully saturated rings. The predicted molar refractivity (Wildman–Crippen MR) is 79.1 cm³/mol. The second-order valence-corrected chi connectivity index (χ2v) is 5.69. The second kappa shape index (κ2) is 5.76. The molecule has 3 nitrogen and oxygen atoms in total. The second-order valence-electron chi connectivity index (χ2n) is 4.40. The molecule has 0 unspecified atom stereocenters. The normalized spacial score (nSPS) is 10.9. The van der Waals surface area contributed by atoms with E-state index in [-0.39, 0.29) is 0 Å². The highest BCUT2D eigenvalue weighted by molar-refractivity contribution is 9.10. The molecule has 0 aliphatic carbocycles. The van der Waals surface area contributed by atoms with Gasteiger partial charge in [-0.25, -0.2) is 0 Å². The lowest BCUT2D eigenvalue weighted by Crippen LogP contribution is -2.01. The molecule has 2 aromatic rings. The van der Waals surface area contributed by atoms with Crippen molar-refractivity contribution in [1.82, 2.24) is 9.78 Å². The van der Waals surface area contributed by atoms with Crippen molar-refractivity contribution in [1.29, 1.82) is 0 Å². The quantitative estimate of drug-likeness (QED) is 0.896. The first kappa shape index (κ1) is 13.4. The first-order chi connectivity index (χ1) is 8.56. The van der Waals surface area contributed by atoms with Crippen LogP contribution in [0.4, 0.5) is 5.69 Å². The average molecular weight is 329 g/mol. The third-order valence-corrected chi connectivity index (χ3v) is 3.52. The minimum atomic E-state index is 0.386. The van der Waals surface area contributed by atoms with E-state index in [1.165, 1.54) is 0 Å². The first-order valence-electron chi connectivity index (χ1n) is 5.78. The lowest BCUT2D eigenvalue weighted by atomic mass is 10.3. The third kappa shape index (κ3) is 3.27. The van der Waals surface area contributed by atoms with E-state index in [2.05, 4.69) is 46.4 Å². The monoisotopic (exact) mass is 327 g/mol. The number of halogens is 2. The molecule has 1 aromatic carbocycles. The van der Waals surface area contributed by atoms with E-state index in [0.29, 0.717) is 6.04 Å². The molecule has 0 aliphatic rings. The lowest BCUT2D eigenvalue weighted by Gasteiger charge is -2.08. The van der Waals surface area contributed by atoms with Gasteiger partial charge >= 0.3 is 0 Å². The molecule has 96 valence electrons. The molecule has 1 heterocycles. The number of benzene rings is 1. The summed E-state index contributed by atoms with van der Waals surface area (Å²) < 4.78 is 2.95. The maximum Gasteiger partial charge on any atom is 0.0539 e. The van der Waals surface area contributed by atoms with Crippen LogP contribution in [0.15, 0.2) is 35.1 Å². The van der Waals surface area contributed by atoms with Gasteiger partial charge in [0.25, 0.3) is 0 Å². The van der Waals surface area contributed by atoms with Crippen LogP contribution in [-0.4, -0.2) is 9.78 Å². The van der Waals surface area contributed by atoms with Gasteiger partial charge in [-0.2, -0.15) is 5.10 Å². The highest BCUT2D eigenvalue weighted by Gasteiger charge is 2.04. The van der Waals surface area contributed by atoms with E-state index >= 15 is 0 Å². The largest absolute Gasteiger partial charge is 0.380 e. The highest BCUT2D eigenvalue weighted by Crippen LogP contribution is 2.26. The van der Waals surface area contributed by atoms with E-state index in [4.69, 9.17) is 11.6 Å². The predicted octanol–water partition coefficient (Wildman–Crippen LogP) is 4.49. The van der Waals surface area contributed by atoms with Gasteiger partial charge in [-0.15, -0.1) is 0 Å². The van der Waals surface area contributed by atoms with Gasteiger partial charge in [0.2, 0.25) is 0 Å².